The highest BCUT2D eigenvalue weighted by atomic mass is 35.5. The van der Waals surface area contributed by atoms with Crippen molar-refractivity contribution >= 4 is 21.6 Å². The molecular weight excluding hydrogens is 290 g/mol. The smallest absolute Gasteiger partial charge is 0.240 e. The van der Waals surface area contributed by atoms with E-state index in [9.17, 15) is 8.42 Å². The Hall–Kier alpha value is -1.51. The van der Waals surface area contributed by atoms with Crippen LogP contribution in [0, 0.1) is 0 Å². The highest BCUT2D eigenvalue weighted by Gasteiger charge is 2.14. The van der Waals surface area contributed by atoms with Gasteiger partial charge in [-0.2, -0.15) is 0 Å². The highest BCUT2D eigenvalue weighted by Crippen LogP contribution is 2.12. The molecule has 1 N–H and O–H groups in total. The molecule has 0 unspecified atom stereocenters. The molecule has 0 amide bonds. The lowest BCUT2D eigenvalue weighted by atomic mass is 10.4. The van der Waals surface area contributed by atoms with Crippen LogP contribution in [0.3, 0.4) is 0 Å². The van der Waals surface area contributed by atoms with E-state index in [-0.39, 0.29) is 16.6 Å². The molecule has 102 valence electrons. The van der Waals surface area contributed by atoms with Crippen LogP contribution in [0.25, 0.3) is 0 Å². The summed E-state index contributed by atoms with van der Waals surface area (Å²) >= 11 is 5.66. The Morgan fingerprint density at radius 2 is 2.26 bits per heavy atom. The van der Waals surface area contributed by atoms with Gasteiger partial charge >= 0.3 is 0 Å². The van der Waals surface area contributed by atoms with Crippen LogP contribution < -0.4 is 4.72 Å². The van der Waals surface area contributed by atoms with Crippen LogP contribution in [-0.4, -0.2) is 34.7 Å². The molecule has 0 fully saturated rings. The van der Waals surface area contributed by atoms with E-state index in [4.69, 9.17) is 11.6 Å². The topological polar surface area (TPSA) is 89.8 Å². The molecule has 0 bridgehead atoms. The van der Waals surface area contributed by atoms with E-state index in [1.54, 1.807) is 17.9 Å². The van der Waals surface area contributed by atoms with Crippen molar-refractivity contribution in [2.24, 2.45) is 7.05 Å². The Morgan fingerprint density at radius 3 is 2.89 bits per heavy atom. The van der Waals surface area contributed by atoms with Crippen molar-refractivity contribution in [3.63, 3.8) is 0 Å². The molecule has 7 nitrogen and oxygen atoms in total. The summed E-state index contributed by atoms with van der Waals surface area (Å²) in [5.74, 6) is 0.704. The fourth-order valence-corrected chi connectivity index (χ4v) is 2.75. The quantitative estimate of drug-likeness (QED) is 0.807. The van der Waals surface area contributed by atoms with E-state index >= 15 is 0 Å². The van der Waals surface area contributed by atoms with Gasteiger partial charge in [0.1, 0.15) is 17.3 Å². The first-order valence-corrected chi connectivity index (χ1v) is 7.29. The van der Waals surface area contributed by atoms with E-state index < -0.39 is 10.0 Å². The third-order valence-electron chi connectivity index (χ3n) is 2.45. The zero-order chi connectivity index (χ0) is 13.9. The number of nitrogens with one attached hydrogen (secondary N) is 1. The van der Waals surface area contributed by atoms with Crippen LogP contribution in [0.15, 0.2) is 29.6 Å². The number of hydrogen-bond donors (Lipinski definition) is 1. The van der Waals surface area contributed by atoms with E-state index in [1.807, 2.05) is 0 Å². The van der Waals surface area contributed by atoms with Gasteiger partial charge in [0.15, 0.2) is 0 Å². The zero-order valence-corrected chi connectivity index (χ0v) is 11.7. The lowest BCUT2D eigenvalue weighted by Crippen LogP contribution is -2.26. The molecule has 9 heteroatoms. The second-order valence-corrected chi connectivity index (χ2v) is 5.97. The maximum atomic E-state index is 12.0. The van der Waals surface area contributed by atoms with Crippen LogP contribution in [0.5, 0.6) is 0 Å². The Kier molecular flexibility index (Phi) is 4.13. The summed E-state index contributed by atoms with van der Waals surface area (Å²) in [7, 11) is -1.78. The second-order valence-electron chi connectivity index (χ2n) is 3.82. The van der Waals surface area contributed by atoms with Gasteiger partial charge in [0.25, 0.3) is 0 Å². The monoisotopic (exact) mass is 301 g/mol. The summed E-state index contributed by atoms with van der Waals surface area (Å²) in [4.78, 5) is 3.83. The molecule has 0 spiro atoms. The van der Waals surface area contributed by atoms with Crippen molar-refractivity contribution < 1.29 is 8.42 Å². The fraction of sp³-hybridized carbons (Fsp3) is 0.300. The molecular formula is C10H12ClN5O2S. The van der Waals surface area contributed by atoms with Crippen LogP contribution in [0.1, 0.15) is 5.82 Å². The normalized spacial score (nSPS) is 11.7. The summed E-state index contributed by atoms with van der Waals surface area (Å²) in [5, 5.41) is 7.72. The first kappa shape index (κ1) is 13.9. The van der Waals surface area contributed by atoms with Crippen LogP contribution in [-0.2, 0) is 23.5 Å². The van der Waals surface area contributed by atoms with Gasteiger partial charge in [-0.15, -0.1) is 10.2 Å². The first-order valence-electron chi connectivity index (χ1n) is 5.43. The van der Waals surface area contributed by atoms with Gasteiger partial charge in [-0.05, 0) is 12.1 Å². The summed E-state index contributed by atoms with van der Waals surface area (Å²) in [6.45, 7) is 0.231. The molecule has 2 aromatic heterocycles. The number of nitrogens with zero attached hydrogens (tertiary/aromatic N) is 4. The lowest BCUT2D eigenvalue weighted by molar-refractivity contribution is 0.580. The molecule has 0 aliphatic rings. The number of aromatic nitrogens is 4. The van der Waals surface area contributed by atoms with Crippen molar-refractivity contribution in [2.45, 2.75) is 11.3 Å². The summed E-state index contributed by atoms with van der Waals surface area (Å²) in [5.41, 5.74) is 0. The van der Waals surface area contributed by atoms with Crippen molar-refractivity contribution in [3.05, 3.63) is 35.6 Å². The van der Waals surface area contributed by atoms with Gasteiger partial charge in [-0.1, -0.05) is 11.6 Å². The van der Waals surface area contributed by atoms with E-state index in [2.05, 4.69) is 19.9 Å². The van der Waals surface area contributed by atoms with Crippen LogP contribution >= 0.6 is 11.6 Å². The first-order chi connectivity index (χ1) is 8.99. The number of aryl methyl sites for hydroxylation is 1. The van der Waals surface area contributed by atoms with Gasteiger partial charge in [-0.3, -0.25) is 0 Å². The van der Waals surface area contributed by atoms with E-state index in [0.717, 1.165) is 0 Å². The van der Waals surface area contributed by atoms with Crippen LogP contribution in [0.4, 0.5) is 0 Å². The molecule has 2 heterocycles. The van der Waals surface area contributed by atoms with E-state index in [0.29, 0.717) is 12.2 Å². The Morgan fingerprint density at radius 1 is 1.47 bits per heavy atom. The molecule has 0 saturated carbocycles. The minimum absolute atomic E-state index is 0.0884. The van der Waals surface area contributed by atoms with Crippen molar-refractivity contribution in [3.8, 4) is 0 Å². The van der Waals surface area contributed by atoms with Gasteiger partial charge < -0.3 is 4.57 Å². The van der Waals surface area contributed by atoms with Crippen molar-refractivity contribution in [1.29, 1.82) is 0 Å². The maximum absolute atomic E-state index is 12.0. The third kappa shape index (κ3) is 3.49. The average molecular weight is 302 g/mol. The molecule has 0 radical (unpaired) electrons. The minimum Gasteiger partial charge on any atom is -0.321 e. The Balaban J connectivity index is 2.01. The highest BCUT2D eigenvalue weighted by molar-refractivity contribution is 7.89. The zero-order valence-electron chi connectivity index (χ0n) is 10.1. The number of sulfonamides is 1. The summed E-state index contributed by atoms with van der Waals surface area (Å²) in [6.07, 6.45) is 3.36. The average Bonchev–Trinajstić information content (AvgIpc) is 2.75. The standard InChI is InChI=1S/C10H12ClN5O2S/c1-16-7-13-15-10(16)3-5-14-19(17,18)8-2-4-12-9(11)6-8/h2,4,6-7,14H,3,5H2,1H3. The summed E-state index contributed by atoms with van der Waals surface area (Å²) < 4.78 is 28.1. The van der Waals surface area contributed by atoms with Crippen molar-refractivity contribution in [2.75, 3.05) is 6.54 Å². The third-order valence-corrected chi connectivity index (χ3v) is 4.12. The second kappa shape index (κ2) is 5.64. The molecule has 0 aliphatic heterocycles. The van der Waals surface area contributed by atoms with Gasteiger partial charge in [0.2, 0.25) is 10.0 Å². The SMILES string of the molecule is Cn1cnnc1CCNS(=O)(=O)c1ccnc(Cl)c1. The molecule has 0 saturated heterocycles. The fourth-order valence-electron chi connectivity index (χ4n) is 1.47. The molecule has 2 rings (SSSR count). The number of rotatable bonds is 5. The predicted molar refractivity (Wildman–Crippen MR) is 69.1 cm³/mol. The summed E-state index contributed by atoms with van der Waals surface area (Å²) in [6, 6.07) is 2.68. The van der Waals surface area contributed by atoms with Gasteiger partial charge in [0.05, 0.1) is 4.90 Å². The Bertz CT molecular complexity index is 670. The largest absolute Gasteiger partial charge is 0.321 e. The Labute approximate surface area is 115 Å². The molecule has 0 aromatic carbocycles. The van der Waals surface area contributed by atoms with Crippen LogP contribution in [0.2, 0.25) is 5.15 Å². The molecule has 19 heavy (non-hydrogen) atoms. The lowest BCUT2D eigenvalue weighted by Gasteiger charge is -2.06. The molecule has 0 aliphatic carbocycles. The number of halogens is 1. The number of hydrogen-bond acceptors (Lipinski definition) is 5. The molecule has 0 atom stereocenters. The number of pyridine rings is 1. The van der Waals surface area contributed by atoms with Gasteiger partial charge in [-0.25, -0.2) is 18.1 Å². The molecule has 2 aromatic rings. The minimum atomic E-state index is -3.58. The predicted octanol–water partition coefficient (Wildman–Crippen LogP) is 0.384. The maximum Gasteiger partial charge on any atom is 0.240 e. The van der Waals surface area contributed by atoms with Gasteiger partial charge in [0, 0.05) is 26.2 Å². The van der Waals surface area contributed by atoms with Crippen molar-refractivity contribution in [1.82, 2.24) is 24.5 Å². The van der Waals surface area contributed by atoms with E-state index in [1.165, 1.54) is 18.3 Å².